The van der Waals surface area contributed by atoms with E-state index in [1.54, 1.807) is 38.5 Å². The third-order valence-corrected chi connectivity index (χ3v) is 7.01. The maximum Gasteiger partial charge on any atom is 0.251 e. The van der Waals surface area contributed by atoms with Crippen LogP contribution in [0.2, 0.25) is 0 Å². The van der Waals surface area contributed by atoms with Crippen molar-refractivity contribution in [3.8, 4) is 11.5 Å². The Kier molecular flexibility index (Phi) is 8.40. The molecule has 0 atom stereocenters. The first-order valence-electron chi connectivity index (χ1n) is 11.3. The Hall–Kier alpha value is -3.52. The predicted molar refractivity (Wildman–Crippen MR) is 139 cm³/mol. The van der Waals surface area contributed by atoms with Crippen LogP contribution < -0.4 is 19.1 Å². The number of nitrogens with one attached hydrogen (secondary N) is 1. The molecule has 0 aliphatic rings. The molecule has 0 aliphatic heterocycles. The fourth-order valence-corrected chi connectivity index (χ4v) is 4.55. The van der Waals surface area contributed by atoms with Gasteiger partial charge in [0.05, 0.1) is 32.7 Å². The van der Waals surface area contributed by atoms with E-state index < -0.39 is 10.0 Å². The van der Waals surface area contributed by atoms with Gasteiger partial charge in [-0.2, -0.15) is 0 Å². The van der Waals surface area contributed by atoms with Gasteiger partial charge in [-0.25, -0.2) is 8.42 Å². The molecule has 0 fully saturated rings. The fourth-order valence-electron chi connectivity index (χ4n) is 3.67. The Morgan fingerprint density at radius 1 is 0.857 bits per heavy atom. The molecule has 0 unspecified atom stereocenters. The number of hydrogen-bond donors (Lipinski definition) is 1. The zero-order valence-corrected chi connectivity index (χ0v) is 21.6. The molecular weight excluding hydrogens is 464 g/mol. The molecule has 3 rings (SSSR count). The van der Waals surface area contributed by atoms with Crippen LogP contribution in [0.3, 0.4) is 0 Å². The van der Waals surface area contributed by atoms with E-state index in [2.05, 4.69) is 5.32 Å². The van der Waals surface area contributed by atoms with Crippen molar-refractivity contribution in [1.82, 2.24) is 5.32 Å². The standard InChI is InChI=1S/C27H32N2O5S/c1-19-6-12-24(16-20(19)2)29(35(5,31)32)18-22-7-10-23(11-8-22)27(30)28-15-14-21-9-13-25(33-3)26(17-21)34-4/h6-13,16-17H,14-15,18H2,1-5H3,(H,28,30). The van der Waals surface area contributed by atoms with Crippen molar-refractivity contribution in [2.75, 3.05) is 31.3 Å². The number of nitrogens with zero attached hydrogens (tertiary/aromatic N) is 1. The zero-order valence-electron chi connectivity index (χ0n) is 20.8. The van der Waals surface area contributed by atoms with Crippen molar-refractivity contribution < 1.29 is 22.7 Å². The maximum atomic E-state index is 12.6. The number of amides is 1. The summed E-state index contributed by atoms with van der Waals surface area (Å²) in [5.74, 6) is 1.12. The highest BCUT2D eigenvalue weighted by molar-refractivity contribution is 7.92. The molecule has 35 heavy (non-hydrogen) atoms. The van der Waals surface area contributed by atoms with E-state index in [0.717, 1.165) is 22.3 Å². The molecule has 0 saturated heterocycles. The highest BCUT2D eigenvalue weighted by Crippen LogP contribution is 2.27. The number of ether oxygens (including phenoxy) is 2. The lowest BCUT2D eigenvalue weighted by molar-refractivity contribution is 0.0954. The molecule has 0 aliphatic carbocycles. The first kappa shape index (κ1) is 26.1. The highest BCUT2D eigenvalue weighted by atomic mass is 32.2. The number of rotatable bonds is 10. The van der Waals surface area contributed by atoms with E-state index in [9.17, 15) is 13.2 Å². The van der Waals surface area contributed by atoms with Crippen LogP contribution in [0, 0.1) is 13.8 Å². The molecule has 186 valence electrons. The van der Waals surface area contributed by atoms with E-state index in [1.165, 1.54) is 10.6 Å². The largest absolute Gasteiger partial charge is 0.493 e. The van der Waals surface area contributed by atoms with Crippen LogP contribution in [-0.2, 0) is 23.0 Å². The molecule has 1 N–H and O–H groups in total. The van der Waals surface area contributed by atoms with Gasteiger partial charge >= 0.3 is 0 Å². The number of benzene rings is 3. The van der Waals surface area contributed by atoms with Gasteiger partial charge in [0, 0.05) is 12.1 Å². The van der Waals surface area contributed by atoms with Gasteiger partial charge in [-0.1, -0.05) is 24.3 Å². The number of sulfonamides is 1. The second kappa shape index (κ2) is 11.3. The lowest BCUT2D eigenvalue weighted by Crippen LogP contribution is -2.29. The van der Waals surface area contributed by atoms with Crippen molar-refractivity contribution in [1.29, 1.82) is 0 Å². The minimum Gasteiger partial charge on any atom is -0.493 e. The number of aryl methyl sites for hydroxylation is 2. The first-order chi connectivity index (χ1) is 16.6. The molecule has 0 saturated carbocycles. The second-order valence-electron chi connectivity index (χ2n) is 8.43. The summed E-state index contributed by atoms with van der Waals surface area (Å²) in [4.78, 5) is 12.6. The summed E-state index contributed by atoms with van der Waals surface area (Å²) in [6.07, 6.45) is 1.84. The summed E-state index contributed by atoms with van der Waals surface area (Å²) in [5.41, 5.74) is 5.06. The lowest BCUT2D eigenvalue weighted by Gasteiger charge is -2.23. The van der Waals surface area contributed by atoms with E-state index in [0.29, 0.717) is 35.7 Å². The molecule has 0 heterocycles. The number of carbonyl (C=O) groups is 1. The van der Waals surface area contributed by atoms with Crippen LogP contribution in [0.4, 0.5) is 5.69 Å². The molecule has 7 nitrogen and oxygen atoms in total. The topological polar surface area (TPSA) is 84.9 Å². The molecule has 1 amide bonds. The number of hydrogen-bond acceptors (Lipinski definition) is 5. The summed E-state index contributed by atoms with van der Waals surface area (Å²) in [6, 6.07) is 18.2. The number of carbonyl (C=O) groups excluding carboxylic acids is 1. The summed E-state index contributed by atoms with van der Waals surface area (Å²) >= 11 is 0. The van der Waals surface area contributed by atoms with E-state index >= 15 is 0 Å². The van der Waals surface area contributed by atoms with Gasteiger partial charge in [-0.05, 0) is 78.9 Å². The molecule has 0 spiro atoms. The Balaban J connectivity index is 1.63. The van der Waals surface area contributed by atoms with Gasteiger partial charge < -0.3 is 14.8 Å². The van der Waals surface area contributed by atoms with Crippen molar-refractivity contribution in [3.63, 3.8) is 0 Å². The Labute approximate surface area is 207 Å². The molecular formula is C27H32N2O5S. The average Bonchev–Trinajstić information content (AvgIpc) is 2.83. The van der Waals surface area contributed by atoms with Crippen LogP contribution in [0.5, 0.6) is 11.5 Å². The normalized spacial score (nSPS) is 11.1. The van der Waals surface area contributed by atoms with Gasteiger partial charge in [-0.15, -0.1) is 0 Å². The Morgan fingerprint density at radius 3 is 2.11 bits per heavy atom. The maximum absolute atomic E-state index is 12.6. The van der Waals surface area contributed by atoms with Crippen LogP contribution in [-0.4, -0.2) is 41.3 Å². The number of methoxy groups -OCH3 is 2. The molecule has 0 bridgehead atoms. The summed E-state index contributed by atoms with van der Waals surface area (Å²) < 4.78 is 36.9. The van der Waals surface area contributed by atoms with E-state index in [-0.39, 0.29) is 12.5 Å². The van der Waals surface area contributed by atoms with Crippen molar-refractivity contribution in [2.24, 2.45) is 0 Å². The monoisotopic (exact) mass is 496 g/mol. The molecule has 8 heteroatoms. The fraction of sp³-hybridized carbons (Fsp3) is 0.296. The minimum atomic E-state index is -3.48. The Morgan fingerprint density at radius 2 is 1.51 bits per heavy atom. The number of anilines is 1. The molecule has 3 aromatic carbocycles. The third kappa shape index (κ3) is 6.76. The molecule has 3 aromatic rings. The Bertz CT molecular complexity index is 1290. The average molecular weight is 497 g/mol. The first-order valence-corrected chi connectivity index (χ1v) is 13.1. The van der Waals surface area contributed by atoms with Crippen molar-refractivity contribution in [3.05, 3.63) is 88.5 Å². The van der Waals surface area contributed by atoms with Crippen molar-refractivity contribution in [2.45, 2.75) is 26.8 Å². The summed E-state index contributed by atoms with van der Waals surface area (Å²) in [7, 11) is -0.307. The second-order valence-corrected chi connectivity index (χ2v) is 10.3. The minimum absolute atomic E-state index is 0.183. The lowest BCUT2D eigenvalue weighted by atomic mass is 10.1. The van der Waals surface area contributed by atoms with Crippen LogP contribution in [0.25, 0.3) is 0 Å². The quantitative estimate of drug-likeness (QED) is 0.453. The highest BCUT2D eigenvalue weighted by Gasteiger charge is 2.18. The predicted octanol–water partition coefficient (Wildman–Crippen LogP) is 4.26. The van der Waals surface area contributed by atoms with Gasteiger partial charge in [-0.3, -0.25) is 9.10 Å². The summed E-state index contributed by atoms with van der Waals surface area (Å²) in [6.45, 7) is 4.59. The van der Waals surface area contributed by atoms with E-state index in [1.807, 2.05) is 50.2 Å². The van der Waals surface area contributed by atoms with Gasteiger partial charge in [0.2, 0.25) is 10.0 Å². The SMILES string of the molecule is COc1ccc(CCNC(=O)c2ccc(CN(c3ccc(C)c(C)c3)S(C)(=O)=O)cc2)cc1OC. The smallest absolute Gasteiger partial charge is 0.251 e. The van der Waals surface area contributed by atoms with Crippen LogP contribution >= 0.6 is 0 Å². The van der Waals surface area contributed by atoms with Crippen LogP contribution in [0.15, 0.2) is 60.7 Å². The van der Waals surface area contributed by atoms with Crippen molar-refractivity contribution >= 4 is 21.6 Å². The van der Waals surface area contributed by atoms with Crippen LogP contribution in [0.1, 0.15) is 32.6 Å². The van der Waals surface area contributed by atoms with E-state index in [4.69, 9.17) is 9.47 Å². The van der Waals surface area contributed by atoms with Gasteiger partial charge in [0.25, 0.3) is 5.91 Å². The third-order valence-electron chi connectivity index (χ3n) is 5.87. The molecule has 0 aromatic heterocycles. The van der Waals surface area contributed by atoms with Gasteiger partial charge in [0.1, 0.15) is 0 Å². The summed E-state index contributed by atoms with van der Waals surface area (Å²) in [5, 5.41) is 2.92. The van der Waals surface area contributed by atoms with Gasteiger partial charge in [0.15, 0.2) is 11.5 Å². The molecule has 0 radical (unpaired) electrons. The zero-order chi connectivity index (χ0) is 25.6.